The third kappa shape index (κ3) is 6.89. The summed E-state index contributed by atoms with van der Waals surface area (Å²) in [6.07, 6.45) is -10.2. The number of carbonyl (C=O) groups excluding carboxylic acids is 2. The van der Waals surface area contributed by atoms with Crippen molar-refractivity contribution in [3.05, 3.63) is 41.7 Å². The molecular weight excluding hydrogens is 484 g/mol. The minimum absolute atomic E-state index is 0.0561. The largest absolute Gasteiger partial charge is 0.491 e. The third-order valence-corrected chi connectivity index (χ3v) is 5.06. The number of hydrogen-bond acceptors (Lipinski definition) is 8. The number of hydrogen-bond donors (Lipinski definition) is 0. The summed E-state index contributed by atoms with van der Waals surface area (Å²) in [4.78, 5) is 33.8. The molecule has 0 radical (unpaired) electrons. The lowest BCUT2D eigenvalue weighted by Gasteiger charge is -2.35. The maximum absolute atomic E-state index is 13.1. The molecule has 3 rings (SSSR count). The van der Waals surface area contributed by atoms with Gasteiger partial charge in [0.2, 0.25) is 5.82 Å². The molecule has 0 unspecified atom stereocenters. The number of aromatic nitrogens is 2. The molecule has 1 aromatic heterocycles. The van der Waals surface area contributed by atoms with Gasteiger partial charge in [-0.25, -0.2) is 14.8 Å². The highest BCUT2D eigenvalue weighted by Crippen LogP contribution is 2.32. The Balaban J connectivity index is 1.65. The average Bonchev–Trinajstić information content (AvgIpc) is 2.81. The number of nitrogens with zero attached hydrogens (tertiary/aromatic N) is 5. The van der Waals surface area contributed by atoms with Crippen molar-refractivity contribution in [2.24, 2.45) is 0 Å². The Hall–Kier alpha value is -3.73. The van der Waals surface area contributed by atoms with Gasteiger partial charge < -0.3 is 9.64 Å². The lowest BCUT2D eigenvalue weighted by molar-refractivity contribution is -0.201. The minimum atomic E-state index is -5.26. The van der Waals surface area contributed by atoms with Gasteiger partial charge >= 0.3 is 24.3 Å². The summed E-state index contributed by atoms with van der Waals surface area (Å²) >= 11 is 0. The second-order valence-electron chi connectivity index (χ2n) is 7.46. The SMILES string of the molecule is N#Cc1nc(-c2cccc(C(F)(F)F)c2)cc(N2CCN(CCC(=O)OC(=O)C(F)(F)F)CC2)n1. The van der Waals surface area contributed by atoms with Gasteiger partial charge in [0.15, 0.2) is 0 Å². The molecule has 1 aliphatic heterocycles. The van der Waals surface area contributed by atoms with Crippen molar-refractivity contribution in [3.8, 4) is 17.3 Å². The van der Waals surface area contributed by atoms with Gasteiger partial charge in [0.25, 0.3) is 0 Å². The molecule has 0 bridgehead atoms. The van der Waals surface area contributed by atoms with Crippen LogP contribution in [0.5, 0.6) is 0 Å². The van der Waals surface area contributed by atoms with Crippen molar-refractivity contribution >= 4 is 17.8 Å². The second-order valence-corrected chi connectivity index (χ2v) is 7.46. The monoisotopic (exact) mass is 501 g/mol. The molecule has 0 saturated carbocycles. The summed E-state index contributed by atoms with van der Waals surface area (Å²) in [6.45, 7) is 1.48. The molecule has 2 aromatic rings. The number of anilines is 1. The van der Waals surface area contributed by atoms with E-state index >= 15 is 0 Å². The number of alkyl halides is 6. The molecule has 8 nitrogen and oxygen atoms in total. The Morgan fingerprint density at radius 1 is 1.03 bits per heavy atom. The van der Waals surface area contributed by atoms with Crippen LogP contribution in [-0.4, -0.2) is 65.7 Å². The number of benzene rings is 1. The van der Waals surface area contributed by atoms with E-state index in [4.69, 9.17) is 0 Å². The maximum atomic E-state index is 13.1. The molecule has 35 heavy (non-hydrogen) atoms. The lowest BCUT2D eigenvalue weighted by atomic mass is 10.1. The molecule has 1 fully saturated rings. The number of piperazine rings is 1. The highest BCUT2D eigenvalue weighted by Gasteiger charge is 2.42. The highest BCUT2D eigenvalue weighted by molar-refractivity contribution is 5.88. The van der Waals surface area contributed by atoms with E-state index in [-0.39, 0.29) is 23.6 Å². The zero-order chi connectivity index (χ0) is 25.8. The van der Waals surface area contributed by atoms with Crippen molar-refractivity contribution in [2.45, 2.75) is 18.8 Å². The van der Waals surface area contributed by atoms with Crippen LogP contribution in [0.25, 0.3) is 11.3 Å². The Morgan fingerprint density at radius 2 is 1.71 bits per heavy atom. The predicted molar refractivity (Wildman–Crippen MR) is 108 cm³/mol. The molecule has 2 heterocycles. The molecule has 1 aromatic carbocycles. The quantitative estimate of drug-likeness (QED) is 0.350. The van der Waals surface area contributed by atoms with Crippen LogP contribution in [0.15, 0.2) is 30.3 Å². The normalized spacial score (nSPS) is 14.9. The first-order valence-electron chi connectivity index (χ1n) is 10.1. The van der Waals surface area contributed by atoms with Gasteiger partial charge in [-0.05, 0) is 12.1 Å². The molecule has 1 saturated heterocycles. The van der Waals surface area contributed by atoms with Crippen LogP contribution in [0.4, 0.5) is 32.2 Å². The van der Waals surface area contributed by atoms with Crippen molar-refractivity contribution in [1.82, 2.24) is 14.9 Å². The number of nitriles is 1. The van der Waals surface area contributed by atoms with Crippen molar-refractivity contribution < 1.29 is 40.7 Å². The predicted octanol–water partition coefficient (Wildman–Crippen LogP) is 3.18. The smallest absolute Gasteiger partial charge is 0.386 e. The number of halogens is 6. The van der Waals surface area contributed by atoms with Crippen LogP contribution in [-0.2, 0) is 20.5 Å². The Labute approximate surface area is 194 Å². The van der Waals surface area contributed by atoms with E-state index in [1.54, 1.807) is 15.9 Å². The molecular formula is C21H17F6N5O3. The topological polar surface area (TPSA) is 99.4 Å². The first-order chi connectivity index (χ1) is 16.4. The molecule has 0 spiro atoms. The van der Waals surface area contributed by atoms with E-state index < -0.39 is 36.3 Å². The fourth-order valence-electron chi connectivity index (χ4n) is 3.31. The van der Waals surface area contributed by atoms with Crippen LogP contribution in [0.3, 0.4) is 0 Å². The lowest BCUT2D eigenvalue weighted by Crippen LogP contribution is -2.47. The second kappa shape index (κ2) is 10.3. The summed E-state index contributed by atoms with van der Waals surface area (Å²) in [5, 5.41) is 9.27. The Morgan fingerprint density at radius 3 is 2.31 bits per heavy atom. The zero-order valence-corrected chi connectivity index (χ0v) is 17.9. The molecule has 1 aliphatic rings. The number of rotatable bonds is 5. The Kier molecular flexibility index (Phi) is 7.59. The fourth-order valence-corrected chi connectivity index (χ4v) is 3.31. The third-order valence-electron chi connectivity index (χ3n) is 5.06. The van der Waals surface area contributed by atoms with Gasteiger partial charge in [0, 0.05) is 44.4 Å². The van der Waals surface area contributed by atoms with Gasteiger partial charge in [-0.3, -0.25) is 9.69 Å². The summed E-state index contributed by atoms with van der Waals surface area (Å²) in [6, 6.07) is 7.77. The van der Waals surface area contributed by atoms with E-state index in [1.165, 1.54) is 18.2 Å². The van der Waals surface area contributed by atoms with Gasteiger partial charge in [-0.1, -0.05) is 12.1 Å². The van der Waals surface area contributed by atoms with E-state index in [2.05, 4.69) is 14.7 Å². The summed E-state index contributed by atoms with van der Waals surface area (Å²) < 4.78 is 79.4. The zero-order valence-electron chi connectivity index (χ0n) is 17.9. The number of esters is 2. The van der Waals surface area contributed by atoms with Gasteiger partial charge in [-0.2, -0.15) is 31.6 Å². The van der Waals surface area contributed by atoms with Gasteiger partial charge in [0.1, 0.15) is 11.9 Å². The van der Waals surface area contributed by atoms with Crippen LogP contribution < -0.4 is 4.90 Å². The molecule has 0 atom stereocenters. The minimum Gasteiger partial charge on any atom is -0.386 e. The fraction of sp³-hybridized carbons (Fsp3) is 0.381. The van der Waals surface area contributed by atoms with Crippen molar-refractivity contribution in [2.75, 3.05) is 37.6 Å². The summed E-state index contributed by atoms with van der Waals surface area (Å²) in [7, 11) is 0. The van der Waals surface area contributed by atoms with Gasteiger partial charge in [-0.15, -0.1) is 0 Å². The summed E-state index contributed by atoms with van der Waals surface area (Å²) in [5.74, 6) is -3.77. The molecule has 0 aliphatic carbocycles. The number of ether oxygens (including phenoxy) is 1. The molecule has 186 valence electrons. The van der Waals surface area contributed by atoms with Crippen LogP contribution in [0.2, 0.25) is 0 Å². The first kappa shape index (κ1) is 25.9. The van der Waals surface area contributed by atoms with E-state index in [9.17, 15) is 41.2 Å². The molecule has 0 N–H and O–H groups in total. The van der Waals surface area contributed by atoms with E-state index in [0.29, 0.717) is 32.0 Å². The van der Waals surface area contributed by atoms with Crippen molar-refractivity contribution in [1.29, 1.82) is 5.26 Å². The van der Waals surface area contributed by atoms with Crippen LogP contribution in [0.1, 0.15) is 17.8 Å². The van der Waals surface area contributed by atoms with Crippen LogP contribution in [0, 0.1) is 11.3 Å². The van der Waals surface area contributed by atoms with Crippen LogP contribution >= 0.6 is 0 Å². The first-order valence-corrected chi connectivity index (χ1v) is 10.1. The van der Waals surface area contributed by atoms with Gasteiger partial charge in [0.05, 0.1) is 17.7 Å². The Bertz CT molecular complexity index is 1140. The highest BCUT2D eigenvalue weighted by atomic mass is 19.4. The van der Waals surface area contributed by atoms with Crippen molar-refractivity contribution in [3.63, 3.8) is 0 Å². The summed E-state index contributed by atoms with van der Waals surface area (Å²) in [5.41, 5.74) is -0.569. The number of carbonyl (C=O) groups is 2. The molecule has 0 amide bonds. The van der Waals surface area contributed by atoms with E-state index in [0.717, 1.165) is 12.1 Å². The molecule has 14 heteroatoms. The maximum Gasteiger partial charge on any atom is 0.491 e. The standard InChI is InChI=1S/C21H17F6N5O3/c22-20(23,24)14-3-1-2-13(10-14)15-11-17(30-16(12-28)29-15)32-8-6-31(7-9-32)5-4-18(33)35-19(34)21(25,26)27/h1-3,10-11H,4-9H2. The van der Waals surface area contributed by atoms with E-state index in [1.807, 2.05) is 0 Å². The average molecular weight is 501 g/mol.